The van der Waals surface area contributed by atoms with E-state index in [9.17, 15) is 14.7 Å². The monoisotopic (exact) mass is 344 g/mol. The van der Waals surface area contributed by atoms with Gasteiger partial charge in [0.1, 0.15) is 11.9 Å². The Bertz CT molecular complexity index is 747. The second-order valence-corrected chi connectivity index (χ2v) is 5.91. The van der Waals surface area contributed by atoms with Crippen LogP contribution >= 0.6 is 0 Å². The van der Waals surface area contributed by atoms with E-state index < -0.39 is 17.9 Å². The molecule has 3 heterocycles. The summed E-state index contributed by atoms with van der Waals surface area (Å²) < 4.78 is 1.76. The van der Waals surface area contributed by atoms with Crippen molar-refractivity contribution in [2.24, 2.45) is 13.0 Å². The molecule has 1 saturated heterocycles. The minimum Gasteiger partial charge on any atom is -0.481 e. The minimum atomic E-state index is -0.912. The number of nitrogens with zero attached hydrogens (tertiary/aromatic N) is 5. The van der Waals surface area contributed by atoms with Crippen molar-refractivity contribution in [1.29, 1.82) is 0 Å². The summed E-state index contributed by atoms with van der Waals surface area (Å²) in [6.07, 6.45) is 7.15. The molecule has 2 N–H and O–H groups in total. The minimum absolute atomic E-state index is 0.0683. The van der Waals surface area contributed by atoms with Crippen molar-refractivity contribution in [2.75, 3.05) is 18.4 Å². The van der Waals surface area contributed by atoms with E-state index in [-0.39, 0.29) is 12.3 Å². The summed E-state index contributed by atoms with van der Waals surface area (Å²) in [5.74, 6) is -0.607. The van der Waals surface area contributed by atoms with E-state index in [4.69, 9.17) is 0 Å². The number of carboxylic acid groups (broad SMARTS) is 1. The number of aromatic nitrogens is 4. The normalized spacial score (nSPS) is 20.5. The Morgan fingerprint density at radius 1 is 1.32 bits per heavy atom. The first-order valence-electron chi connectivity index (χ1n) is 8.08. The van der Waals surface area contributed by atoms with Gasteiger partial charge in [0.25, 0.3) is 0 Å². The molecular formula is C16H20N6O3. The summed E-state index contributed by atoms with van der Waals surface area (Å²) in [6, 6.07) is 1.13. The molecule has 2 unspecified atom stereocenters. The first-order chi connectivity index (χ1) is 12.1. The maximum Gasteiger partial charge on any atom is 0.309 e. The topological polar surface area (TPSA) is 113 Å². The predicted molar refractivity (Wildman–Crippen MR) is 88.5 cm³/mol. The number of amides is 1. The zero-order valence-electron chi connectivity index (χ0n) is 13.9. The predicted octanol–water partition coefficient (Wildman–Crippen LogP) is 0.686. The van der Waals surface area contributed by atoms with Crippen LogP contribution in [0.1, 0.15) is 24.7 Å². The Kier molecular flexibility index (Phi) is 4.92. The average molecular weight is 344 g/mol. The fourth-order valence-electron chi connectivity index (χ4n) is 3.14. The van der Waals surface area contributed by atoms with Crippen LogP contribution in [0.2, 0.25) is 0 Å². The summed E-state index contributed by atoms with van der Waals surface area (Å²) in [4.78, 5) is 38.2. The third kappa shape index (κ3) is 3.59. The molecular weight excluding hydrogens is 324 g/mol. The van der Waals surface area contributed by atoms with Gasteiger partial charge in [0, 0.05) is 51.3 Å². The van der Waals surface area contributed by atoms with Gasteiger partial charge in [-0.1, -0.05) is 0 Å². The van der Waals surface area contributed by atoms with Crippen molar-refractivity contribution in [1.82, 2.24) is 24.4 Å². The number of anilines is 1. The lowest BCUT2D eigenvalue weighted by atomic mass is 9.88. The van der Waals surface area contributed by atoms with Crippen LogP contribution in [0.4, 0.5) is 5.95 Å². The van der Waals surface area contributed by atoms with Crippen molar-refractivity contribution < 1.29 is 14.7 Å². The molecule has 0 bridgehead atoms. The number of carbonyl (C=O) groups excluding carboxylic acids is 1. The Morgan fingerprint density at radius 2 is 2.08 bits per heavy atom. The van der Waals surface area contributed by atoms with Crippen LogP contribution in [0.3, 0.4) is 0 Å². The second kappa shape index (κ2) is 7.29. The third-order valence-electron chi connectivity index (χ3n) is 4.35. The zero-order valence-corrected chi connectivity index (χ0v) is 13.9. The molecule has 1 fully saturated rings. The van der Waals surface area contributed by atoms with E-state index in [0.29, 0.717) is 31.3 Å². The molecule has 0 radical (unpaired) electrons. The van der Waals surface area contributed by atoms with Crippen LogP contribution < -0.4 is 5.32 Å². The van der Waals surface area contributed by atoms with Gasteiger partial charge in [0.2, 0.25) is 11.9 Å². The molecule has 0 aliphatic carbocycles. The number of carbonyl (C=O) groups is 2. The highest BCUT2D eigenvalue weighted by Gasteiger charge is 2.42. The van der Waals surface area contributed by atoms with Crippen molar-refractivity contribution in [2.45, 2.75) is 18.9 Å². The molecule has 2 atom stereocenters. The Balaban J connectivity index is 1.78. The Morgan fingerprint density at radius 3 is 2.72 bits per heavy atom. The van der Waals surface area contributed by atoms with Gasteiger partial charge >= 0.3 is 5.97 Å². The largest absolute Gasteiger partial charge is 0.481 e. The fraction of sp³-hybridized carbons (Fsp3) is 0.438. The average Bonchev–Trinajstić information content (AvgIpc) is 3.02. The van der Waals surface area contributed by atoms with E-state index in [1.807, 2.05) is 0 Å². The van der Waals surface area contributed by atoms with Crippen molar-refractivity contribution in [3.8, 4) is 0 Å². The molecule has 132 valence electrons. The summed E-state index contributed by atoms with van der Waals surface area (Å²) in [6.45, 7) is 0.765. The number of nitrogens with one attached hydrogen (secondary N) is 1. The standard InChI is InChI=1S/C16H20N6O3/c1-21-9-7-17-14(21)13-11(15(24)25)3-4-12(23)22(13)10-8-20-16-18-5-2-6-19-16/h2,5-7,9,11,13H,3-4,8,10H2,1H3,(H,24,25)(H,18,19,20). The highest BCUT2D eigenvalue weighted by molar-refractivity contribution is 5.81. The first kappa shape index (κ1) is 16.9. The molecule has 2 aromatic heterocycles. The van der Waals surface area contributed by atoms with Crippen LogP contribution in [0.25, 0.3) is 0 Å². The first-order valence-corrected chi connectivity index (χ1v) is 8.08. The number of piperidine rings is 1. The molecule has 3 rings (SSSR count). The summed E-state index contributed by atoms with van der Waals surface area (Å²) in [5.41, 5.74) is 0. The van der Waals surface area contributed by atoms with Crippen LogP contribution in [0.15, 0.2) is 30.9 Å². The molecule has 1 amide bonds. The SMILES string of the molecule is Cn1ccnc1C1C(C(=O)O)CCC(=O)N1CCNc1ncccn1. The van der Waals surface area contributed by atoms with Crippen LogP contribution in [0.5, 0.6) is 0 Å². The maximum atomic E-state index is 12.5. The van der Waals surface area contributed by atoms with Gasteiger partial charge in [-0.15, -0.1) is 0 Å². The van der Waals surface area contributed by atoms with Crippen LogP contribution in [-0.2, 0) is 16.6 Å². The third-order valence-corrected chi connectivity index (χ3v) is 4.35. The van der Waals surface area contributed by atoms with Gasteiger partial charge in [0.05, 0.1) is 5.92 Å². The van der Waals surface area contributed by atoms with E-state index >= 15 is 0 Å². The van der Waals surface area contributed by atoms with Gasteiger partial charge < -0.3 is 19.9 Å². The number of hydrogen-bond acceptors (Lipinski definition) is 6. The molecule has 2 aromatic rings. The molecule has 25 heavy (non-hydrogen) atoms. The van der Waals surface area contributed by atoms with Crippen LogP contribution in [-0.4, -0.2) is 54.5 Å². The lowest BCUT2D eigenvalue weighted by Gasteiger charge is -2.39. The van der Waals surface area contributed by atoms with E-state index in [1.54, 1.807) is 47.4 Å². The number of carboxylic acids is 1. The van der Waals surface area contributed by atoms with Crippen molar-refractivity contribution in [3.63, 3.8) is 0 Å². The van der Waals surface area contributed by atoms with Crippen molar-refractivity contribution in [3.05, 3.63) is 36.7 Å². The zero-order chi connectivity index (χ0) is 17.8. The number of likely N-dealkylation sites (tertiary alicyclic amines) is 1. The van der Waals surface area contributed by atoms with E-state index in [0.717, 1.165) is 0 Å². The lowest BCUT2D eigenvalue weighted by molar-refractivity contribution is -0.152. The number of imidazole rings is 1. The maximum absolute atomic E-state index is 12.5. The van der Waals surface area contributed by atoms with Crippen LogP contribution in [0, 0.1) is 5.92 Å². The number of rotatable bonds is 6. The quantitative estimate of drug-likeness (QED) is 0.792. The van der Waals surface area contributed by atoms with Gasteiger partial charge in [-0.05, 0) is 12.5 Å². The molecule has 1 aliphatic rings. The van der Waals surface area contributed by atoms with Crippen molar-refractivity contribution >= 4 is 17.8 Å². The highest BCUT2D eigenvalue weighted by atomic mass is 16.4. The lowest BCUT2D eigenvalue weighted by Crippen LogP contribution is -2.47. The highest BCUT2D eigenvalue weighted by Crippen LogP contribution is 2.35. The number of aliphatic carboxylic acids is 1. The summed E-state index contributed by atoms with van der Waals surface area (Å²) in [7, 11) is 1.80. The number of aryl methyl sites for hydroxylation is 1. The molecule has 0 aromatic carbocycles. The second-order valence-electron chi connectivity index (χ2n) is 5.91. The fourth-order valence-corrected chi connectivity index (χ4v) is 3.14. The van der Waals surface area contributed by atoms with Gasteiger partial charge in [-0.3, -0.25) is 9.59 Å². The Hall–Kier alpha value is -2.97. The number of hydrogen-bond donors (Lipinski definition) is 2. The molecule has 1 aliphatic heterocycles. The summed E-state index contributed by atoms with van der Waals surface area (Å²) in [5, 5.41) is 12.6. The van der Waals surface area contributed by atoms with Gasteiger partial charge in [-0.2, -0.15) is 0 Å². The molecule has 0 saturated carbocycles. The van der Waals surface area contributed by atoms with Gasteiger partial charge in [-0.25, -0.2) is 15.0 Å². The molecule has 9 nitrogen and oxygen atoms in total. The summed E-state index contributed by atoms with van der Waals surface area (Å²) >= 11 is 0. The van der Waals surface area contributed by atoms with E-state index in [1.165, 1.54) is 0 Å². The Labute approximate surface area is 144 Å². The molecule has 0 spiro atoms. The smallest absolute Gasteiger partial charge is 0.309 e. The van der Waals surface area contributed by atoms with E-state index in [2.05, 4.69) is 20.3 Å². The molecule has 9 heteroatoms. The van der Waals surface area contributed by atoms with Gasteiger partial charge in [0.15, 0.2) is 0 Å².